The van der Waals surface area contributed by atoms with E-state index in [4.69, 9.17) is 0 Å². The highest BCUT2D eigenvalue weighted by Crippen LogP contribution is 2.31. The molecule has 0 atom stereocenters. The highest BCUT2D eigenvalue weighted by Gasteiger charge is 2.21. The maximum atomic E-state index is 12.0. The predicted molar refractivity (Wildman–Crippen MR) is 91.0 cm³/mol. The number of unbranched alkanes of at least 4 members (excludes halogenated alkanes) is 2. The zero-order valence-corrected chi connectivity index (χ0v) is 13.5. The number of amides is 1. The second-order valence-electron chi connectivity index (χ2n) is 5.77. The predicted octanol–water partition coefficient (Wildman–Crippen LogP) is 3.09. The fourth-order valence-electron chi connectivity index (χ4n) is 2.80. The van der Waals surface area contributed by atoms with E-state index < -0.39 is 0 Å². The minimum absolute atomic E-state index is 0.102. The third-order valence-corrected chi connectivity index (χ3v) is 4.09. The largest absolute Gasteiger partial charge is 0.352 e. The molecule has 1 aromatic carbocycles. The average Bonchev–Trinajstić information content (AvgIpc) is 3.03. The number of para-hydroxylation sites is 1. The molecule has 0 aliphatic carbocycles. The molecule has 5 heteroatoms. The van der Waals surface area contributed by atoms with E-state index in [2.05, 4.69) is 45.3 Å². The van der Waals surface area contributed by atoms with Gasteiger partial charge in [0.2, 0.25) is 5.95 Å². The van der Waals surface area contributed by atoms with E-state index in [-0.39, 0.29) is 5.91 Å². The van der Waals surface area contributed by atoms with Gasteiger partial charge in [0.15, 0.2) is 0 Å². The molecule has 2 aromatic rings. The molecule has 1 amide bonds. The number of carbonyl (C=O) groups excluding carboxylic acids is 1. The normalized spacial score (nSPS) is 13.0. The molecule has 0 bridgehead atoms. The Morgan fingerprint density at radius 3 is 2.78 bits per heavy atom. The van der Waals surface area contributed by atoms with E-state index in [1.807, 2.05) is 6.07 Å². The van der Waals surface area contributed by atoms with Crippen LogP contribution >= 0.6 is 0 Å². The Labute approximate surface area is 136 Å². The van der Waals surface area contributed by atoms with Gasteiger partial charge < -0.3 is 10.2 Å². The van der Waals surface area contributed by atoms with Crippen molar-refractivity contribution in [1.29, 1.82) is 0 Å². The summed E-state index contributed by atoms with van der Waals surface area (Å²) in [7, 11) is 0. The van der Waals surface area contributed by atoms with Crippen LogP contribution in [0.15, 0.2) is 36.7 Å². The van der Waals surface area contributed by atoms with Crippen molar-refractivity contribution in [3.63, 3.8) is 0 Å². The van der Waals surface area contributed by atoms with Gasteiger partial charge in [0.05, 0.1) is 5.56 Å². The van der Waals surface area contributed by atoms with Crippen LogP contribution < -0.4 is 10.2 Å². The van der Waals surface area contributed by atoms with Crippen LogP contribution in [0, 0.1) is 0 Å². The molecule has 5 nitrogen and oxygen atoms in total. The van der Waals surface area contributed by atoms with Crippen LogP contribution in [0.5, 0.6) is 0 Å². The number of aromatic nitrogens is 2. The number of nitrogens with one attached hydrogen (secondary N) is 1. The molecule has 0 saturated carbocycles. The van der Waals surface area contributed by atoms with E-state index >= 15 is 0 Å². The van der Waals surface area contributed by atoms with Gasteiger partial charge in [-0.1, -0.05) is 38.0 Å². The van der Waals surface area contributed by atoms with E-state index in [0.717, 1.165) is 37.9 Å². The maximum Gasteiger partial charge on any atom is 0.254 e. The van der Waals surface area contributed by atoms with Gasteiger partial charge in [0, 0.05) is 31.2 Å². The molecule has 0 fully saturated rings. The minimum atomic E-state index is -0.102. The van der Waals surface area contributed by atoms with Crippen LogP contribution in [0.4, 0.5) is 11.6 Å². The lowest BCUT2D eigenvalue weighted by Crippen LogP contribution is -2.25. The lowest BCUT2D eigenvalue weighted by molar-refractivity contribution is 0.0952. The molecular weight excluding hydrogens is 288 g/mol. The summed E-state index contributed by atoms with van der Waals surface area (Å²) in [5, 5.41) is 2.91. The van der Waals surface area contributed by atoms with Crippen LogP contribution in [0.25, 0.3) is 0 Å². The Hall–Kier alpha value is -2.43. The van der Waals surface area contributed by atoms with Gasteiger partial charge in [-0.3, -0.25) is 4.79 Å². The van der Waals surface area contributed by atoms with Gasteiger partial charge in [-0.05, 0) is 24.5 Å². The molecule has 1 aliphatic rings. The first kappa shape index (κ1) is 15.5. The van der Waals surface area contributed by atoms with E-state index in [1.54, 1.807) is 12.4 Å². The van der Waals surface area contributed by atoms with E-state index in [9.17, 15) is 4.79 Å². The average molecular weight is 310 g/mol. The molecule has 23 heavy (non-hydrogen) atoms. The highest BCUT2D eigenvalue weighted by atomic mass is 16.1. The Morgan fingerprint density at radius 1 is 1.22 bits per heavy atom. The van der Waals surface area contributed by atoms with Crippen molar-refractivity contribution < 1.29 is 4.79 Å². The zero-order valence-electron chi connectivity index (χ0n) is 13.5. The van der Waals surface area contributed by atoms with Crippen LogP contribution in [-0.4, -0.2) is 29.0 Å². The quantitative estimate of drug-likeness (QED) is 0.833. The number of fused-ring (bicyclic) bond motifs is 1. The number of benzene rings is 1. The maximum absolute atomic E-state index is 12.0. The van der Waals surface area contributed by atoms with Crippen LogP contribution in [0.3, 0.4) is 0 Å². The molecule has 0 spiro atoms. The third kappa shape index (κ3) is 3.50. The van der Waals surface area contributed by atoms with E-state index in [0.29, 0.717) is 18.1 Å². The second-order valence-corrected chi connectivity index (χ2v) is 5.77. The van der Waals surface area contributed by atoms with Crippen molar-refractivity contribution in [2.24, 2.45) is 0 Å². The zero-order chi connectivity index (χ0) is 16.1. The highest BCUT2D eigenvalue weighted by molar-refractivity contribution is 5.93. The Kier molecular flexibility index (Phi) is 4.86. The molecule has 1 N–H and O–H groups in total. The SMILES string of the molecule is CCCCCNC(=O)c1cnc(N2CCc3ccccc32)nc1. The molecule has 2 heterocycles. The Morgan fingerprint density at radius 2 is 2.00 bits per heavy atom. The number of carbonyl (C=O) groups is 1. The number of nitrogens with zero attached hydrogens (tertiary/aromatic N) is 3. The number of hydrogen-bond donors (Lipinski definition) is 1. The lowest BCUT2D eigenvalue weighted by Gasteiger charge is -2.16. The molecule has 0 unspecified atom stereocenters. The summed E-state index contributed by atoms with van der Waals surface area (Å²) in [5.41, 5.74) is 2.98. The molecule has 1 aromatic heterocycles. The van der Waals surface area contributed by atoms with Crippen molar-refractivity contribution >= 4 is 17.5 Å². The molecule has 3 rings (SSSR count). The smallest absolute Gasteiger partial charge is 0.254 e. The third-order valence-electron chi connectivity index (χ3n) is 4.09. The van der Waals surface area contributed by atoms with Gasteiger partial charge in [-0.25, -0.2) is 9.97 Å². The second kappa shape index (κ2) is 7.22. The summed E-state index contributed by atoms with van der Waals surface area (Å²) in [5.74, 6) is 0.548. The van der Waals surface area contributed by atoms with Gasteiger partial charge >= 0.3 is 0 Å². The Balaban J connectivity index is 1.65. The summed E-state index contributed by atoms with van der Waals surface area (Å²) in [6.45, 7) is 3.72. The molecule has 120 valence electrons. The van der Waals surface area contributed by atoms with Crippen molar-refractivity contribution in [1.82, 2.24) is 15.3 Å². The molecule has 1 aliphatic heterocycles. The monoisotopic (exact) mass is 310 g/mol. The fraction of sp³-hybridized carbons (Fsp3) is 0.389. The summed E-state index contributed by atoms with van der Waals surface area (Å²) in [4.78, 5) is 22.9. The fourth-order valence-corrected chi connectivity index (χ4v) is 2.80. The summed E-state index contributed by atoms with van der Waals surface area (Å²) < 4.78 is 0. The number of anilines is 2. The molecule has 0 saturated heterocycles. The summed E-state index contributed by atoms with van der Waals surface area (Å²) >= 11 is 0. The molecule has 0 radical (unpaired) electrons. The van der Waals surface area contributed by atoms with Crippen LogP contribution in [0.1, 0.15) is 42.1 Å². The van der Waals surface area contributed by atoms with Crippen molar-refractivity contribution in [2.75, 3.05) is 18.0 Å². The van der Waals surface area contributed by atoms with Gasteiger partial charge in [-0.2, -0.15) is 0 Å². The van der Waals surface area contributed by atoms with Gasteiger partial charge in [-0.15, -0.1) is 0 Å². The first-order valence-electron chi connectivity index (χ1n) is 8.25. The number of rotatable bonds is 6. The van der Waals surface area contributed by atoms with Crippen molar-refractivity contribution in [2.45, 2.75) is 32.6 Å². The van der Waals surface area contributed by atoms with Crippen molar-refractivity contribution in [3.8, 4) is 0 Å². The summed E-state index contributed by atoms with van der Waals surface area (Å²) in [6, 6.07) is 8.29. The topological polar surface area (TPSA) is 58.1 Å². The minimum Gasteiger partial charge on any atom is -0.352 e. The number of hydrogen-bond acceptors (Lipinski definition) is 4. The van der Waals surface area contributed by atoms with Crippen LogP contribution in [0.2, 0.25) is 0 Å². The lowest BCUT2D eigenvalue weighted by atomic mass is 10.2. The standard InChI is InChI=1S/C18H22N4O/c1-2-3-6-10-19-17(23)15-12-20-18(21-13-15)22-11-9-14-7-4-5-8-16(14)22/h4-5,7-8,12-13H,2-3,6,9-11H2,1H3,(H,19,23). The molecular formula is C18H22N4O. The van der Waals surface area contributed by atoms with Crippen molar-refractivity contribution in [3.05, 3.63) is 47.8 Å². The van der Waals surface area contributed by atoms with Gasteiger partial charge in [0.25, 0.3) is 5.91 Å². The first-order valence-corrected chi connectivity index (χ1v) is 8.25. The van der Waals surface area contributed by atoms with E-state index in [1.165, 1.54) is 5.56 Å². The summed E-state index contributed by atoms with van der Waals surface area (Å²) in [6.07, 6.45) is 7.50. The Bertz CT molecular complexity index is 669. The first-order chi connectivity index (χ1) is 11.3. The van der Waals surface area contributed by atoms with Gasteiger partial charge in [0.1, 0.15) is 0 Å². The van der Waals surface area contributed by atoms with Crippen LogP contribution in [-0.2, 0) is 6.42 Å².